The van der Waals surface area contributed by atoms with Crippen LogP contribution in [0.15, 0.2) is 63.9 Å². The molecule has 0 radical (unpaired) electrons. The number of rotatable bonds is 5. The van der Waals surface area contributed by atoms with Gasteiger partial charge in [0.1, 0.15) is 5.82 Å². The molecule has 2 aromatic rings. The maximum Gasteiger partial charge on any atom is 0.416 e. The number of thioether (sulfide) groups is 1. The molecular formula is C27H28F4N2O3S2. The average molecular weight is 569 g/mol. The number of piperidine rings is 1. The quantitative estimate of drug-likeness (QED) is 0.407. The monoisotopic (exact) mass is 568 g/mol. The number of benzene rings is 2. The van der Waals surface area contributed by atoms with Crippen LogP contribution in [0.1, 0.15) is 55.7 Å². The first-order valence-electron chi connectivity index (χ1n) is 12.6. The molecule has 204 valence electrons. The Morgan fingerprint density at radius 3 is 2.53 bits per heavy atom. The first-order chi connectivity index (χ1) is 18.1. The minimum absolute atomic E-state index is 0.0638. The van der Waals surface area contributed by atoms with Crippen LogP contribution in [0.2, 0.25) is 0 Å². The van der Waals surface area contributed by atoms with Crippen molar-refractivity contribution >= 4 is 27.7 Å². The molecule has 2 unspecified atom stereocenters. The lowest BCUT2D eigenvalue weighted by molar-refractivity contribution is -0.137. The van der Waals surface area contributed by atoms with Crippen molar-refractivity contribution in [3.8, 4) is 0 Å². The van der Waals surface area contributed by atoms with E-state index in [2.05, 4.69) is 0 Å². The highest BCUT2D eigenvalue weighted by molar-refractivity contribution is 8.03. The zero-order chi connectivity index (χ0) is 27.1. The molecule has 0 N–H and O–H groups in total. The maximum atomic E-state index is 13.8. The van der Waals surface area contributed by atoms with Gasteiger partial charge in [-0.25, -0.2) is 12.8 Å². The molecule has 38 heavy (non-hydrogen) atoms. The van der Waals surface area contributed by atoms with Gasteiger partial charge in [-0.1, -0.05) is 24.6 Å². The lowest BCUT2D eigenvalue weighted by Gasteiger charge is -2.40. The van der Waals surface area contributed by atoms with Crippen LogP contribution in [-0.2, 0) is 21.0 Å². The Morgan fingerprint density at radius 2 is 1.79 bits per heavy atom. The Bertz CT molecular complexity index is 1340. The predicted octanol–water partition coefficient (Wildman–Crippen LogP) is 6.14. The predicted molar refractivity (Wildman–Crippen MR) is 137 cm³/mol. The number of sulfonamides is 1. The van der Waals surface area contributed by atoms with Crippen LogP contribution < -0.4 is 0 Å². The molecule has 1 saturated heterocycles. The molecule has 3 heterocycles. The molecule has 1 fully saturated rings. The van der Waals surface area contributed by atoms with Gasteiger partial charge in [0.05, 0.1) is 16.5 Å². The summed E-state index contributed by atoms with van der Waals surface area (Å²) in [6, 6.07) is 8.88. The number of amides is 1. The van der Waals surface area contributed by atoms with E-state index in [0.717, 1.165) is 48.3 Å². The zero-order valence-electron chi connectivity index (χ0n) is 20.6. The van der Waals surface area contributed by atoms with Gasteiger partial charge in [0.25, 0.3) is 0 Å². The van der Waals surface area contributed by atoms with E-state index in [1.54, 1.807) is 28.8 Å². The second kappa shape index (κ2) is 10.7. The highest BCUT2D eigenvalue weighted by Crippen LogP contribution is 2.47. The van der Waals surface area contributed by atoms with Crippen molar-refractivity contribution in [2.75, 3.05) is 18.8 Å². The fourth-order valence-corrected chi connectivity index (χ4v) is 8.60. The van der Waals surface area contributed by atoms with E-state index in [-0.39, 0.29) is 30.7 Å². The topological polar surface area (TPSA) is 57.7 Å². The molecule has 0 aliphatic carbocycles. The Kier molecular flexibility index (Phi) is 7.63. The largest absolute Gasteiger partial charge is 0.416 e. The van der Waals surface area contributed by atoms with Crippen LogP contribution in [-0.4, -0.2) is 48.4 Å². The summed E-state index contributed by atoms with van der Waals surface area (Å²) in [4.78, 5) is 16.4. The summed E-state index contributed by atoms with van der Waals surface area (Å²) < 4.78 is 81.6. The van der Waals surface area contributed by atoms with Gasteiger partial charge in [0, 0.05) is 31.3 Å². The Morgan fingerprint density at radius 1 is 1.03 bits per heavy atom. The minimum atomic E-state index is -4.67. The molecule has 0 saturated carbocycles. The number of carbonyl (C=O) groups is 1. The summed E-state index contributed by atoms with van der Waals surface area (Å²) in [6.45, 7) is 0.615. The van der Waals surface area contributed by atoms with E-state index in [9.17, 15) is 30.8 Å². The van der Waals surface area contributed by atoms with Gasteiger partial charge in [-0.15, -0.1) is 11.8 Å². The SMILES string of the molecule is O=C(CC1CCCCN1S(=O)(=O)c1cccc(C(F)(F)F)c1)N1CCC2=C(CCS2)C1c1ccc(F)cc1. The summed E-state index contributed by atoms with van der Waals surface area (Å²) in [6.07, 6.45) is -1.45. The van der Waals surface area contributed by atoms with Crippen LogP contribution in [0.25, 0.3) is 0 Å². The third kappa shape index (κ3) is 5.37. The van der Waals surface area contributed by atoms with Crippen molar-refractivity contribution in [1.82, 2.24) is 9.21 Å². The third-order valence-corrected chi connectivity index (χ3v) is 10.7. The van der Waals surface area contributed by atoms with E-state index in [1.807, 2.05) is 0 Å². The van der Waals surface area contributed by atoms with Crippen molar-refractivity contribution in [3.05, 3.63) is 76.0 Å². The second-order valence-electron chi connectivity index (χ2n) is 9.83. The third-order valence-electron chi connectivity index (χ3n) is 7.48. The molecule has 0 spiro atoms. The molecule has 3 aliphatic rings. The summed E-state index contributed by atoms with van der Waals surface area (Å²) in [5, 5.41) is 0. The van der Waals surface area contributed by atoms with E-state index in [1.165, 1.54) is 27.4 Å². The maximum absolute atomic E-state index is 13.8. The van der Waals surface area contributed by atoms with Crippen molar-refractivity contribution in [2.45, 2.75) is 61.7 Å². The van der Waals surface area contributed by atoms with Crippen molar-refractivity contribution < 1.29 is 30.8 Å². The van der Waals surface area contributed by atoms with Crippen molar-refractivity contribution in [1.29, 1.82) is 0 Å². The number of carbonyl (C=O) groups excluding carboxylic acids is 1. The Balaban J connectivity index is 1.41. The van der Waals surface area contributed by atoms with Gasteiger partial charge in [-0.05, 0) is 72.1 Å². The van der Waals surface area contributed by atoms with E-state index >= 15 is 0 Å². The Hall–Kier alpha value is -2.37. The summed E-state index contributed by atoms with van der Waals surface area (Å²) >= 11 is 1.78. The molecule has 1 amide bonds. The molecule has 2 atom stereocenters. The molecule has 3 aliphatic heterocycles. The van der Waals surface area contributed by atoms with Crippen LogP contribution >= 0.6 is 11.8 Å². The number of alkyl halides is 3. The van der Waals surface area contributed by atoms with Crippen LogP contribution in [0.4, 0.5) is 17.6 Å². The van der Waals surface area contributed by atoms with Gasteiger partial charge in [-0.3, -0.25) is 4.79 Å². The number of hydrogen-bond donors (Lipinski definition) is 0. The minimum Gasteiger partial charge on any atom is -0.331 e. The molecule has 0 aromatic heterocycles. The summed E-state index contributed by atoms with van der Waals surface area (Å²) in [5.41, 5.74) is 0.932. The molecule has 5 nitrogen and oxygen atoms in total. The zero-order valence-corrected chi connectivity index (χ0v) is 22.2. The van der Waals surface area contributed by atoms with Crippen LogP contribution in [0.3, 0.4) is 0 Å². The Labute approximate surface area is 223 Å². The number of hydrogen-bond acceptors (Lipinski definition) is 4. The van der Waals surface area contributed by atoms with E-state index in [0.29, 0.717) is 25.5 Å². The van der Waals surface area contributed by atoms with Crippen LogP contribution in [0, 0.1) is 5.82 Å². The normalized spacial score (nSPS) is 23.0. The second-order valence-corrected chi connectivity index (χ2v) is 12.9. The van der Waals surface area contributed by atoms with Crippen molar-refractivity contribution in [2.24, 2.45) is 0 Å². The first kappa shape index (κ1) is 27.2. The highest BCUT2D eigenvalue weighted by Gasteiger charge is 2.40. The standard InChI is InChI=1S/C27H28F4N2O3S2/c28-20-9-7-18(8-10-20)26-23-12-15-37-24(23)11-14-32(26)25(34)17-21-5-1-2-13-33(21)38(35,36)22-6-3-4-19(16-22)27(29,30)31/h3-4,6-10,16,21,26H,1-2,5,11-15,17H2. The molecular weight excluding hydrogens is 540 g/mol. The lowest BCUT2D eigenvalue weighted by Crippen LogP contribution is -2.47. The van der Waals surface area contributed by atoms with Gasteiger partial charge < -0.3 is 4.90 Å². The summed E-state index contributed by atoms with van der Waals surface area (Å²) in [5.74, 6) is 0.352. The number of halogens is 4. The van der Waals surface area contributed by atoms with E-state index in [4.69, 9.17) is 0 Å². The van der Waals surface area contributed by atoms with Gasteiger partial charge >= 0.3 is 6.18 Å². The fraction of sp³-hybridized carbons (Fsp3) is 0.444. The van der Waals surface area contributed by atoms with E-state index < -0.39 is 32.7 Å². The van der Waals surface area contributed by atoms with Gasteiger partial charge in [-0.2, -0.15) is 17.5 Å². The smallest absolute Gasteiger partial charge is 0.331 e. The first-order valence-corrected chi connectivity index (χ1v) is 15.1. The molecule has 5 rings (SSSR count). The van der Waals surface area contributed by atoms with Gasteiger partial charge in [0.15, 0.2) is 0 Å². The average Bonchev–Trinajstić information content (AvgIpc) is 3.37. The van der Waals surface area contributed by atoms with Crippen molar-refractivity contribution in [3.63, 3.8) is 0 Å². The molecule has 11 heteroatoms. The summed E-state index contributed by atoms with van der Waals surface area (Å²) in [7, 11) is -4.25. The van der Waals surface area contributed by atoms with Crippen LogP contribution in [0.5, 0.6) is 0 Å². The highest BCUT2D eigenvalue weighted by atomic mass is 32.2. The number of nitrogens with zero attached hydrogens (tertiary/aromatic N) is 2. The lowest BCUT2D eigenvalue weighted by atomic mass is 9.90. The molecule has 2 aromatic carbocycles. The molecule has 0 bridgehead atoms. The fourth-order valence-electron chi connectivity index (χ4n) is 5.65. The van der Waals surface area contributed by atoms with Gasteiger partial charge in [0.2, 0.25) is 15.9 Å².